The lowest BCUT2D eigenvalue weighted by atomic mass is 10.2. The van der Waals surface area contributed by atoms with Crippen LogP contribution in [0.25, 0.3) is 17.1 Å². The molecule has 0 saturated carbocycles. The molecule has 0 unspecified atom stereocenters. The minimum Gasteiger partial charge on any atom is -0.463 e. The number of carbonyl (C=O) groups excluding carboxylic acids is 1. The van der Waals surface area contributed by atoms with E-state index < -0.39 is 17.8 Å². The Hall–Kier alpha value is -3.69. The first-order valence-electron chi connectivity index (χ1n) is 7.65. The molecule has 136 valence electrons. The van der Waals surface area contributed by atoms with E-state index in [0.717, 1.165) is 6.07 Å². The third kappa shape index (κ3) is 3.24. The number of halogens is 3. The van der Waals surface area contributed by atoms with Crippen LogP contribution >= 0.6 is 0 Å². The molecule has 0 aliphatic rings. The van der Waals surface area contributed by atoms with E-state index in [0.29, 0.717) is 10.2 Å². The molecule has 1 amide bonds. The van der Waals surface area contributed by atoms with E-state index in [1.807, 2.05) is 0 Å². The summed E-state index contributed by atoms with van der Waals surface area (Å²) in [5, 5.41) is 6.28. The standard InChI is InChI=1S/C17H10F3N5O2/c18-17(19,20)14-7-11(13-4-2-6-27-13)23-15-8-12(24-25(14)15)16(26)22-10-3-1-5-21-9-10/h1-9H,(H,22,26). The van der Waals surface area contributed by atoms with Crippen molar-refractivity contribution in [2.45, 2.75) is 6.18 Å². The van der Waals surface area contributed by atoms with Crippen LogP contribution in [0, 0.1) is 0 Å². The van der Waals surface area contributed by atoms with E-state index in [-0.39, 0.29) is 22.8 Å². The number of amides is 1. The Bertz CT molecular complexity index is 1110. The summed E-state index contributed by atoms with van der Waals surface area (Å²) in [4.78, 5) is 20.3. The van der Waals surface area contributed by atoms with Gasteiger partial charge in [0, 0.05) is 12.3 Å². The summed E-state index contributed by atoms with van der Waals surface area (Å²) in [7, 11) is 0. The zero-order valence-corrected chi connectivity index (χ0v) is 13.4. The number of furan rings is 1. The van der Waals surface area contributed by atoms with Crippen molar-refractivity contribution in [1.82, 2.24) is 19.6 Å². The number of alkyl halides is 3. The monoisotopic (exact) mass is 373 g/mol. The second kappa shape index (κ2) is 6.24. The maximum atomic E-state index is 13.5. The van der Waals surface area contributed by atoms with Crippen LogP contribution in [0.5, 0.6) is 0 Å². The van der Waals surface area contributed by atoms with Gasteiger partial charge in [-0.25, -0.2) is 9.50 Å². The maximum absolute atomic E-state index is 13.5. The summed E-state index contributed by atoms with van der Waals surface area (Å²) in [6, 6.07) is 8.23. The van der Waals surface area contributed by atoms with Gasteiger partial charge in [-0.2, -0.15) is 18.3 Å². The van der Waals surface area contributed by atoms with Crippen molar-refractivity contribution in [3.63, 3.8) is 0 Å². The van der Waals surface area contributed by atoms with E-state index in [1.54, 1.807) is 12.1 Å². The molecular formula is C17H10F3N5O2. The fourth-order valence-electron chi connectivity index (χ4n) is 2.47. The minimum absolute atomic E-state index is 0.0149. The van der Waals surface area contributed by atoms with Gasteiger partial charge in [0.05, 0.1) is 18.1 Å². The van der Waals surface area contributed by atoms with Gasteiger partial charge in [0.1, 0.15) is 5.69 Å². The first kappa shape index (κ1) is 16.8. The van der Waals surface area contributed by atoms with Crippen LogP contribution in [0.15, 0.2) is 59.5 Å². The van der Waals surface area contributed by atoms with Crippen LogP contribution in [0.2, 0.25) is 0 Å². The smallest absolute Gasteiger partial charge is 0.433 e. The number of hydrogen-bond donors (Lipinski definition) is 1. The van der Waals surface area contributed by atoms with Crippen molar-refractivity contribution in [2.24, 2.45) is 0 Å². The first-order valence-corrected chi connectivity index (χ1v) is 7.65. The highest BCUT2D eigenvalue weighted by atomic mass is 19.4. The maximum Gasteiger partial charge on any atom is 0.433 e. The van der Waals surface area contributed by atoms with Crippen molar-refractivity contribution in [3.05, 3.63) is 66.4 Å². The van der Waals surface area contributed by atoms with Crippen molar-refractivity contribution in [2.75, 3.05) is 5.32 Å². The van der Waals surface area contributed by atoms with E-state index in [2.05, 4.69) is 20.4 Å². The molecule has 0 aliphatic carbocycles. The van der Waals surface area contributed by atoms with Crippen LogP contribution in [0.3, 0.4) is 0 Å². The number of hydrogen-bond acceptors (Lipinski definition) is 5. The minimum atomic E-state index is -4.70. The molecule has 10 heteroatoms. The van der Waals surface area contributed by atoms with Crippen LogP contribution < -0.4 is 5.32 Å². The first-order chi connectivity index (χ1) is 12.9. The lowest BCUT2D eigenvalue weighted by Crippen LogP contribution is -2.15. The van der Waals surface area contributed by atoms with Gasteiger partial charge in [-0.15, -0.1) is 0 Å². The lowest BCUT2D eigenvalue weighted by Gasteiger charge is -2.09. The van der Waals surface area contributed by atoms with Gasteiger partial charge >= 0.3 is 6.18 Å². The summed E-state index contributed by atoms with van der Waals surface area (Å²) >= 11 is 0. The Morgan fingerprint density at radius 2 is 2.04 bits per heavy atom. The van der Waals surface area contributed by atoms with Crippen molar-refractivity contribution >= 4 is 17.2 Å². The number of pyridine rings is 1. The Morgan fingerprint density at radius 3 is 2.70 bits per heavy atom. The normalized spacial score (nSPS) is 11.7. The van der Waals surface area contributed by atoms with E-state index in [4.69, 9.17) is 4.42 Å². The van der Waals surface area contributed by atoms with E-state index in [9.17, 15) is 18.0 Å². The average molecular weight is 373 g/mol. The molecule has 7 nitrogen and oxygen atoms in total. The van der Waals surface area contributed by atoms with Crippen molar-refractivity contribution in [1.29, 1.82) is 0 Å². The number of nitrogens with zero attached hydrogens (tertiary/aromatic N) is 4. The Balaban J connectivity index is 1.80. The van der Waals surface area contributed by atoms with Gasteiger partial charge in [-0.3, -0.25) is 9.78 Å². The molecule has 4 aromatic rings. The second-order valence-corrected chi connectivity index (χ2v) is 5.50. The number of nitrogens with one attached hydrogen (secondary N) is 1. The Kier molecular flexibility index (Phi) is 3.87. The fraction of sp³-hybridized carbons (Fsp3) is 0.0588. The highest BCUT2D eigenvalue weighted by Gasteiger charge is 2.36. The highest BCUT2D eigenvalue weighted by Crippen LogP contribution is 2.32. The predicted octanol–water partition coefficient (Wildman–Crippen LogP) is 3.66. The highest BCUT2D eigenvalue weighted by molar-refractivity contribution is 6.03. The Labute approximate surface area is 149 Å². The summed E-state index contributed by atoms with van der Waals surface area (Å²) in [6.45, 7) is 0. The van der Waals surface area contributed by atoms with Crippen LogP contribution in [0.4, 0.5) is 18.9 Å². The zero-order chi connectivity index (χ0) is 19.0. The van der Waals surface area contributed by atoms with Gasteiger partial charge in [0.2, 0.25) is 0 Å². The molecule has 0 atom stereocenters. The van der Waals surface area contributed by atoms with Gasteiger partial charge in [-0.05, 0) is 30.3 Å². The van der Waals surface area contributed by atoms with E-state index >= 15 is 0 Å². The van der Waals surface area contributed by atoms with Gasteiger partial charge in [-0.1, -0.05) is 0 Å². The summed E-state index contributed by atoms with van der Waals surface area (Å²) in [5.41, 5.74) is -1.04. The molecule has 0 saturated heterocycles. The summed E-state index contributed by atoms with van der Waals surface area (Å²) in [6.07, 6.45) is -0.443. The van der Waals surface area contributed by atoms with Gasteiger partial charge in [0.25, 0.3) is 5.91 Å². The third-order valence-electron chi connectivity index (χ3n) is 3.64. The number of rotatable bonds is 3. The van der Waals surface area contributed by atoms with Crippen LogP contribution in [-0.4, -0.2) is 25.5 Å². The van der Waals surface area contributed by atoms with Gasteiger partial charge < -0.3 is 9.73 Å². The SMILES string of the molecule is O=C(Nc1cccnc1)c1cc2nc(-c3ccco3)cc(C(F)(F)F)n2n1. The number of aromatic nitrogens is 4. The molecule has 0 aromatic carbocycles. The average Bonchev–Trinajstić information content (AvgIpc) is 3.30. The molecule has 4 rings (SSSR count). The van der Waals surface area contributed by atoms with Gasteiger partial charge in [0.15, 0.2) is 22.8 Å². The molecule has 4 aromatic heterocycles. The largest absolute Gasteiger partial charge is 0.463 e. The van der Waals surface area contributed by atoms with Crippen molar-refractivity contribution in [3.8, 4) is 11.5 Å². The number of fused-ring (bicyclic) bond motifs is 1. The molecule has 0 spiro atoms. The third-order valence-corrected chi connectivity index (χ3v) is 3.64. The second-order valence-electron chi connectivity index (χ2n) is 5.50. The van der Waals surface area contributed by atoms with Crippen LogP contribution in [0.1, 0.15) is 16.2 Å². The number of carbonyl (C=O) groups is 1. The molecule has 0 aliphatic heterocycles. The topological polar surface area (TPSA) is 85.3 Å². The summed E-state index contributed by atoms with van der Waals surface area (Å²) in [5.74, 6) is -0.508. The Morgan fingerprint density at radius 1 is 1.19 bits per heavy atom. The quantitative estimate of drug-likeness (QED) is 0.592. The molecule has 1 N–H and O–H groups in total. The molecule has 0 radical (unpaired) electrons. The van der Waals surface area contributed by atoms with Crippen LogP contribution in [-0.2, 0) is 6.18 Å². The molecule has 27 heavy (non-hydrogen) atoms. The van der Waals surface area contributed by atoms with Crippen molar-refractivity contribution < 1.29 is 22.4 Å². The lowest BCUT2D eigenvalue weighted by molar-refractivity contribution is -0.142. The molecular weight excluding hydrogens is 363 g/mol. The molecule has 0 bridgehead atoms. The molecule has 4 heterocycles. The summed E-state index contributed by atoms with van der Waals surface area (Å²) < 4.78 is 46.1. The fourth-order valence-corrected chi connectivity index (χ4v) is 2.47. The zero-order valence-electron chi connectivity index (χ0n) is 13.4. The number of anilines is 1. The van der Waals surface area contributed by atoms with E-state index in [1.165, 1.54) is 36.9 Å². The molecule has 0 fully saturated rings. The predicted molar refractivity (Wildman–Crippen MR) is 87.9 cm³/mol.